The molecule has 1 amide bonds. The number of hydrogen-bond donors (Lipinski definition) is 3. The average Bonchev–Trinajstić information content (AvgIpc) is 2.15. The number of carbonyl (C=O) groups excluding carboxylic acids is 1. The van der Waals surface area contributed by atoms with Crippen LogP contribution in [-0.2, 0) is 0 Å². The van der Waals surface area contributed by atoms with E-state index < -0.39 is 5.91 Å². The minimum absolute atomic E-state index is 0.313. The lowest BCUT2D eigenvalue weighted by molar-refractivity contribution is 0.0954. The second-order valence-electron chi connectivity index (χ2n) is 2.53. The van der Waals surface area contributed by atoms with Gasteiger partial charge in [0.15, 0.2) is 0 Å². The van der Waals surface area contributed by atoms with Crippen molar-refractivity contribution in [3.63, 3.8) is 0 Å². The minimum atomic E-state index is -0.446. The summed E-state index contributed by atoms with van der Waals surface area (Å²) >= 11 is 11.6. The maximum absolute atomic E-state index is 11.3. The quantitative estimate of drug-likeness (QED) is 0.414. The highest BCUT2D eigenvalue weighted by molar-refractivity contribution is 6.37. The van der Waals surface area contributed by atoms with Gasteiger partial charge in [-0.15, -0.1) is 0 Å². The van der Waals surface area contributed by atoms with E-state index in [9.17, 15) is 4.79 Å². The second-order valence-corrected chi connectivity index (χ2v) is 3.38. The van der Waals surface area contributed by atoms with Crippen LogP contribution in [0.2, 0.25) is 10.0 Å². The predicted molar refractivity (Wildman–Crippen MR) is 57.7 cm³/mol. The zero-order chi connectivity index (χ0) is 10.7. The predicted octanol–water partition coefficient (Wildman–Crippen LogP) is 1.64. The fourth-order valence-electron chi connectivity index (χ4n) is 1.08. The van der Waals surface area contributed by atoms with Crippen LogP contribution >= 0.6 is 23.2 Å². The summed E-state index contributed by atoms with van der Waals surface area (Å²) in [4.78, 5) is 11.3. The smallest absolute Gasteiger partial charge is 0.267 e. The van der Waals surface area contributed by atoms with Crippen molar-refractivity contribution in [1.29, 1.82) is 0 Å². The van der Waals surface area contributed by atoms with E-state index in [0.29, 0.717) is 21.3 Å². The van der Waals surface area contributed by atoms with Gasteiger partial charge in [0.05, 0.1) is 16.3 Å². The molecule has 6 heteroatoms. The third-order valence-electron chi connectivity index (χ3n) is 1.68. The van der Waals surface area contributed by atoms with Gasteiger partial charge in [-0.3, -0.25) is 10.2 Å². The van der Waals surface area contributed by atoms with E-state index in [1.165, 1.54) is 6.07 Å². The monoisotopic (exact) mass is 233 g/mol. The number of halogens is 2. The molecule has 1 rings (SSSR count). The van der Waals surface area contributed by atoms with Gasteiger partial charge in [0.1, 0.15) is 0 Å². The SMILES string of the molecule is CNc1c(Cl)cc(Cl)cc1C(=O)NN. The van der Waals surface area contributed by atoms with Crippen LogP contribution in [0.1, 0.15) is 10.4 Å². The van der Waals surface area contributed by atoms with Crippen LogP contribution in [0.4, 0.5) is 5.69 Å². The third-order valence-corrected chi connectivity index (χ3v) is 2.20. The largest absolute Gasteiger partial charge is 0.386 e. The lowest BCUT2D eigenvalue weighted by Crippen LogP contribution is -2.30. The van der Waals surface area contributed by atoms with Gasteiger partial charge in [-0.25, -0.2) is 5.84 Å². The zero-order valence-electron chi connectivity index (χ0n) is 7.40. The molecule has 0 spiro atoms. The van der Waals surface area contributed by atoms with Gasteiger partial charge in [0, 0.05) is 12.1 Å². The summed E-state index contributed by atoms with van der Waals surface area (Å²) in [6.07, 6.45) is 0. The Balaban J connectivity index is 3.32. The standard InChI is InChI=1S/C8H9Cl2N3O/c1-12-7-5(8(14)13-11)2-4(9)3-6(7)10/h2-3,12H,11H2,1H3,(H,13,14). The number of hydrogen-bond acceptors (Lipinski definition) is 3. The fourth-order valence-corrected chi connectivity index (χ4v) is 1.67. The zero-order valence-corrected chi connectivity index (χ0v) is 8.91. The van der Waals surface area contributed by atoms with Crippen molar-refractivity contribution in [1.82, 2.24) is 5.43 Å². The van der Waals surface area contributed by atoms with Gasteiger partial charge in [0.25, 0.3) is 5.91 Å². The Bertz CT molecular complexity index is 368. The fraction of sp³-hybridized carbons (Fsp3) is 0.125. The molecule has 0 saturated heterocycles. The molecule has 0 saturated carbocycles. The number of rotatable bonds is 2. The number of benzene rings is 1. The van der Waals surface area contributed by atoms with Gasteiger partial charge in [-0.1, -0.05) is 23.2 Å². The number of nitrogens with two attached hydrogens (primary N) is 1. The van der Waals surface area contributed by atoms with Crippen molar-refractivity contribution in [3.05, 3.63) is 27.7 Å². The van der Waals surface area contributed by atoms with Gasteiger partial charge < -0.3 is 5.32 Å². The van der Waals surface area contributed by atoms with E-state index in [4.69, 9.17) is 29.0 Å². The van der Waals surface area contributed by atoms with Gasteiger partial charge in [-0.2, -0.15) is 0 Å². The molecule has 0 aromatic heterocycles. The van der Waals surface area contributed by atoms with E-state index in [-0.39, 0.29) is 0 Å². The van der Waals surface area contributed by atoms with Crippen molar-refractivity contribution in [3.8, 4) is 0 Å². The minimum Gasteiger partial charge on any atom is -0.386 e. The molecule has 4 nitrogen and oxygen atoms in total. The molecule has 0 unspecified atom stereocenters. The van der Waals surface area contributed by atoms with Crippen molar-refractivity contribution < 1.29 is 4.79 Å². The van der Waals surface area contributed by atoms with Gasteiger partial charge in [0.2, 0.25) is 0 Å². The van der Waals surface area contributed by atoms with Gasteiger partial charge in [-0.05, 0) is 12.1 Å². The molecule has 0 radical (unpaired) electrons. The Morgan fingerprint density at radius 3 is 2.57 bits per heavy atom. The second kappa shape index (κ2) is 4.50. The number of carbonyl (C=O) groups is 1. The van der Waals surface area contributed by atoms with E-state index >= 15 is 0 Å². The molecule has 0 aliphatic rings. The first kappa shape index (κ1) is 11.1. The molecule has 76 valence electrons. The number of amides is 1. The molecule has 1 aromatic rings. The highest BCUT2D eigenvalue weighted by Gasteiger charge is 2.13. The topological polar surface area (TPSA) is 67.2 Å². The van der Waals surface area contributed by atoms with Crippen LogP contribution in [0, 0.1) is 0 Å². The van der Waals surface area contributed by atoms with Crippen molar-refractivity contribution >= 4 is 34.8 Å². The lowest BCUT2D eigenvalue weighted by atomic mass is 10.1. The molecule has 4 N–H and O–H groups in total. The molecule has 0 fully saturated rings. The summed E-state index contributed by atoms with van der Waals surface area (Å²) in [5, 5.41) is 3.56. The van der Waals surface area contributed by atoms with E-state index in [2.05, 4.69) is 5.32 Å². The molecule has 1 aromatic carbocycles. The summed E-state index contributed by atoms with van der Waals surface area (Å²) in [6, 6.07) is 3.03. The van der Waals surface area contributed by atoms with Crippen molar-refractivity contribution in [2.45, 2.75) is 0 Å². The normalized spacial score (nSPS) is 9.71. The number of nitrogens with one attached hydrogen (secondary N) is 2. The van der Waals surface area contributed by atoms with Crippen LogP contribution in [0.25, 0.3) is 0 Å². The Morgan fingerprint density at radius 1 is 1.43 bits per heavy atom. The molecule has 0 aliphatic carbocycles. The highest BCUT2D eigenvalue weighted by Crippen LogP contribution is 2.29. The van der Waals surface area contributed by atoms with Crippen molar-refractivity contribution in [2.75, 3.05) is 12.4 Å². The molecule has 0 aliphatic heterocycles. The van der Waals surface area contributed by atoms with E-state index in [0.717, 1.165) is 0 Å². The molecule has 0 atom stereocenters. The Morgan fingerprint density at radius 2 is 2.07 bits per heavy atom. The Hall–Kier alpha value is -0.970. The Kier molecular flexibility index (Phi) is 3.57. The van der Waals surface area contributed by atoms with E-state index in [1.807, 2.05) is 5.43 Å². The molecular formula is C8H9Cl2N3O. The number of anilines is 1. The van der Waals surface area contributed by atoms with Crippen LogP contribution in [0.5, 0.6) is 0 Å². The molecule has 0 bridgehead atoms. The first-order chi connectivity index (χ1) is 6.60. The first-order valence-electron chi connectivity index (χ1n) is 3.78. The first-order valence-corrected chi connectivity index (χ1v) is 4.53. The molecular weight excluding hydrogens is 225 g/mol. The van der Waals surface area contributed by atoms with E-state index in [1.54, 1.807) is 13.1 Å². The maximum atomic E-state index is 11.3. The lowest BCUT2D eigenvalue weighted by Gasteiger charge is -2.10. The summed E-state index contributed by atoms with van der Waals surface area (Å²) in [7, 11) is 1.66. The Labute approximate surface area is 91.3 Å². The van der Waals surface area contributed by atoms with Gasteiger partial charge >= 0.3 is 0 Å². The van der Waals surface area contributed by atoms with Crippen LogP contribution in [0.3, 0.4) is 0 Å². The number of nitrogen functional groups attached to an aromatic ring is 1. The molecule has 0 heterocycles. The number of hydrazine groups is 1. The maximum Gasteiger partial charge on any atom is 0.267 e. The summed E-state index contributed by atoms with van der Waals surface area (Å²) in [5.74, 6) is 4.57. The summed E-state index contributed by atoms with van der Waals surface area (Å²) in [6.45, 7) is 0. The van der Waals surface area contributed by atoms with Crippen LogP contribution < -0.4 is 16.6 Å². The summed E-state index contributed by atoms with van der Waals surface area (Å²) in [5.41, 5.74) is 2.83. The molecule has 14 heavy (non-hydrogen) atoms. The van der Waals surface area contributed by atoms with Crippen molar-refractivity contribution in [2.24, 2.45) is 5.84 Å². The van der Waals surface area contributed by atoms with Crippen LogP contribution in [0.15, 0.2) is 12.1 Å². The third kappa shape index (κ3) is 2.09. The highest BCUT2D eigenvalue weighted by atomic mass is 35.5. The summed E-state index contributed by atoms with van der Waals surface area (Å²) < 4.78 is 0. The van der Waals surface area contributed by atoms with Crippen LogP contribution in [-0.4, -0.2) is 13.0 Å². The average molecular weight is 234 g/mol.